The number of aliphatic hydroxyl groups excluding tert-OH is 1. The lowest BCUT2D eigenvalue weighted by Gasteiger charge is -2.42. The Morgan fingerprint density at radius 1 is 1.12 bits per heavy atom. The van der Waals surface area contributed by atoms with E-state index >= 15 is 0 Å². The first-order chi connectivity index (χ1) is 11.5. The Morgan fingerprint density at radius 2 is 1.68 bits per heavy atom. The molecule has 0 saturated heterocycles. The van der Waals surface area contributed by atoms with E-state index in [0.717, 1.165) is 7.11 Å². The summed E-state index contributed by atoms with van der Waals surface area (Å²) in [6, 6.07) is 0. The smallest absolute Gasteiger partial charge is 0.335 e. The minimum Gasteiger partial charge on any atom is -0.509 e. The first kappa shape index (κ1) is 21.2. The number of unbranched alkanes of at least 4 members (excludes halogenated alkanes) is 1. The van der Waals surface area contributed by atoms with Crippen LogP contribution in [0.5, 0.6) is 0 Å². The van der Waals surface area contributed by atoms with E-state index in [-0.39, 0.29) is 19.3 Å². The molecule has 1 rings (SSSR count). The van der Waals surface area contributed by atoms with E-state index in [2.05, 4.69) is 9.47 Å². The van der Waals surface area contributed by atoms with Crippen LogP contribution in [-0.2, 0) is 28.7 Å². The molecule has 0 amide bonds. The molecule has 0 saturated carbocycles. The minimum absolute atomic E-state index is 0.0588. The van der Waals surface area contributed by atoms with Crippen molar-refractivity contribution in [2.24, 2.45) is 5.41 Å². The number of ketones is 2. The number of ether oxygens (including phenoxy) is 2. The fourth-order valence-electron chi connectivity index (χ4n) is 2.82. The lowest BCUT2D eigenvalue weighted by atomic mass is 9.67. The molecule has 1 aliphatic rings. The first-order valence-corrected chi connectivity index (χ1v) is 8.25. The van der Waals surface area contributed by atoms with Gasteiger partial charge in [0.25, 0.3) is 0 Å². The SMILES string of the molecule is COC(=O)CCCCC(=O)C1=C(O)[C@@](Cl)(C(=O)OC)C(C)(C)CC1=O. The van der Waals surface area contributed by atoms with E-state index < -0.39 is 45.1 Å². The van der Waals surface area contributed by atoms with Crippen LogP contribution in [0.25, 0.3) is 0 Å². The van der Waals surface area contributed by atoms with Gasteiger partial charge in [-0.25, -0.2) is 4.79 Å². The monoisotopic (exact) mass is 374 g/mol. The molecule has 0 unspecified atom stereocenters. The normalized spacial score (nSPS) is 22.5. The Bertz CT molecular complexity index is 620. The van der Waals surface area contributed by atoms with Gasteiger partial charge in [0.1, 0.15) is 11.3 Å². The molecule has 0 spiro atoms. The van der Waals surface area contributed by atoms with Crippen molar-refractivity contribution >= 4 is 35.1 Å². The van der Waals surface area contributed by atoms with E-state index in [4.69, 9.17) is 11.6 Å². The topological polar surface area (TPSA) is 107 Å². The molecule has 0 aromatic heterocycles. The molecule has 0 bridgehead atoms. The van der Waals surface area contributed by atoms with E-state index in [0.29, 0.717) is 12.8 Å². The van der Waals surface area contributed by atoms with Crippen LogP contribution in [0.4, 0.5) is 0 Å². The second-order valence-electron chi connectivity index (χ2n) is 6.56. The predicted octanol–water partition coefficient (Wildman–Crippen LogP) is 2.25. The highest BCUT2D eigenvalue weighted by molar-refractivity contribution is 6.39. The van der Waals surface area contributed by atoms with Gasteiger partial charge in [0.05, 0.1) is 14.2 Å². The highest BCUT2D eigenvalue weighted by Gasteiger charge is 2.60. The van der Waals surface area contributed by atoms with E-state index in [1.165, 1.54) is 7.11 Å². The van der Waals surface area contributed by atoms with Crippen molar-refractivity contribution < 1.29 is 33.8 Å². The zero-order chi connectivity index (χ0) is 19.4. The van der Waals surface area contributed by atoms with Gasteiger partial charge < -0.3 is 14.6 Å². The van der Waals surface area contributed by atoms with Crippen molar-refractivity contribution in [1.29, 1.82) is 0 Å². The summed E-state index contributed by atoms with van der Waals surface area (Å²) in [5.41, 5.74) is -1.59. The molecule has 140 valence electrons. The largest absolute Gasteiger partial charge is 0.509 e. The number of carbonyl (C=O) groups excluding carboxylic acids is 4. The maximum Gasteiger partial charge on any atom is 0.335 e. The Labute approximate surface area is 151 Å². The predicted molar refractivity (Wildman–Crippen MR) is 89.2 cm³/mol. The molecule has 0 heterocycles. The summed E-state index contributed by atoms with van der Waals surface area (Å²) in [5.74, 6) is -3.27. The highest BCUT2D eigenvalue weighted by atomic mass is 35.5. The van der Waals surface area contributed by atoms with Gasteiger partial charge in [-0.05, 0) is 12.8 Å². The third-order valence-electron chi connectivity index (χ3n) is 4.38. The van der Waals surface area contributed by atoms with Gasteiger partial charge >= 0.3 is 11.9 Å². The number of Topliss-reactive ketones (excluding diaryl/α,β-unsaturated/α-hetero) is 2. The van der Waals surface area contributed by atoms with E-state index in [1.807, 2.05) is 0 Å². The van der Waals surface area contributed by atoms with Crippen molar-refractivity contribution in [2.45, 2.75) is 50.8 Å². The fourth-order valence-corrected chi connectivity index (χ4v) is 3.06. The van der Waals surface area contributed by atoms with E-state index in [1.54, 1.807) is 13.8 Å². The third kappa shape index (κ3) is 4.03. The quantitative estimate of drug-likeness (QED) is 0.315. The second kappa shape index (κ2) is 7.99. The molecule has 1 N–H and O–H groups in total. The van der Waals surface area contributed by atoms with Crippen LogP contribution in [0.3, 0.4) is 0 Å². The van der Waals surface area contributed by atoms with Gasteiger partial charge in [0.2, 0.25) is 4.87 Å². The van der Waals surface area contributed by atoms with Crippen molar-refractivity contribution in [3.63, 3.8) is 0 Å². The number of alkyl halides is 1. The molecule has 7 nitrogen and oxygen atoms in total. The van der Waals surface area contributed by atoms with Crippen LogP contribution in [0.2, 0.25) is 0 Å². The number of esters is 2. The summed E-state index contributed by atoms with van der Waals surface area (Å²) in [6.07, 6.45) is 0.636. The molecule has 1 atom stereocenters. The summed E-state index contributed by atoms with van der Waals surface area (Å²) < 4.78 is 9.16. The molecule has 25 heavy (non-hydrogen) atoms. The second-order valence-corrected chi connectivity index (χ2v) is 7.13. The van der Waals surface area contributed by atoms with Crippen LogP contribution in [-0.4, -0.2) is 47.7 Å². The van der Waals surface area contributed by atoms with Crippen LogP contribution in [0, 0.1) is 5.41 Å². The average molecular weight is 375 g/mol. The van der Waals surface area contributed by atoms with Crippen LogP contribution >= 0.6 is 11.6 Å². The van der Waals surface area contributed by atoms with Crippen molar-refractivity contribution in [2.75, 3.05) is 14.2 Å². The summed E-state index contributed by atoms with van der Waals surface area (Å²) in [6.45, 7) is 3.09. The molecule has 0 aliphatic heterocycles. The van der Waals surface area contributed by atoms with Crippen molar-refractivity contribution in [3.05, 3.63) is 11.3 Å². The molecule has 0 fully saturated rings. The Morgan fingerprint density at radius 3 is 2.20 bits per heavy atom. The van der Waals surface area contributed by atoms with Crippen molar-refractivity contribution in [1.82, 2.24) is 0 Å². The number of rotatable bonds is 7. The summed E-state index contributed by atoms with van der Waals surface area (Å²) in [7, 11) is 2.38. The number of allylic oxidation sites excluding steroid dienone is 1. The number of hydrogen-bond acceptors (Lipinski definition) is 7. The zero-order valence-corrected chi connectivity index (χ0v) is 15.6. The highest BCUT2D eigenvalue weighted by Crippen LogP contribution is 2.50. The molecule has 0 radical (unpaired) electrons. The Kier molecular flexibility index (Phi) is 6.76. The maximum atomic E-state index is 12.4. The maximum absolute atomic E-state index is 12.4. The fraction of sp³-hybridized carbons (Fsp3) is 0.647. The van der Waals surface area contributed by atoms with Crippen LogP contribution < -0.4 is 0 Å². The number of aliphatic hydroxyl groups is 1. The molecular weight excluding hydrogens is 352 g/mol. The van der Waals surface area contributed by atoms with Gasteiger partial charge in [0, 0.05) is 24.7 Å². The van der Waals surface area contributed by atoms with Gasteiger partial charge in [-0.1, -0.05) is 25.4 Å². The Balaban J connectivity index is 3.05. The zero-order valence-electron chi connectivity index (χ0n) is 14.8. The van der Waals surface area contributed by atoms with Crippen LogP contribution in [0.1, 0.15) is 46.0 Å². The van der Waals surface area contributed by atoms with Gasteiger partial charge in [-0.3, -0.25) is 14.4 Å². The van der Waals surface area contributed by atoms with Crippen LogP contribution in [0.15, 0.2) is 11.3 Å². The lowest BCUT2D eigenvalue weighted by Crippen LogP contribution is -2.54. The minimum atomic E-state index is -2.01. The number of hydrogen-bond donors (Lipinski definition) is 1. The third-order valence-corrected chi connectivity index (χ3v) is 5.23. The standard InChI is InChI=1S/C17H23ClO7/c1-16(2)9-11(20)13(14(22)17(16,18)15(23)25-4)10(19)7-5-6-8-12(21)24-3/h22H,5-9H2,1-4H3/t17-/m1/s1. The first-order valence-electron chi connectivity index (χ1n) is 7.87. The number of halogens is 1. The molecule has 1 aliphatic carbocycles. The van der Waals surface area contributed by atoms with Gasteiger partial charge in [0.15, 0.2) is 11.6 Å². The molecule has 0 aromatic carbocycles. The molecular formula is C17H23ClO7. The summed E-state index contributed by atoms with van der Waals surface area (Å²) >= 11 is 6.35. The van der Waals surface area contributed by atoms with Gasteiger partial charge in [-0.2, -0.15) is 0 Å². The lowest BCUT2D eigenvalue weighted by molar-refractivity contribution is -0.148. The van der Waals surface area contributed by atoms with E-state index in [9.17, 15) is 24.3 Å². The summed E-state index contributed by atoms with van der Waals surface area (Å²) in [5, 5.41) is 10.5. The number of methoxy groups -OCH3 is 2. The van der Waals surface area contributed by atoms with Gasteiger partial charge in [-0.15, -0.1) is 0 Å². The Hall–Kier alpha value is -1.89. The number of carbonyl (C=O) groups is 4. The summed E-state index contributed by atoms with van der Waals surface area (Å²) in [4.78, 5) is 45.9. The molecule has 8 heteroatoms. The molecule has 0 aromatic rings. The van der Waals surface area contributed by atoms with Crippen molar-refractivity contribution in [3.8, 4) is 0 Å². The average Bonchev–Trinajstić information content (AvgIpc) is 2.55.